The predicted octanol–water partition coefficient (Wildman–Crippen LogP) is 2.61. The lowest BCUT2D eigenvalue weighted by Gasteiger charge is -2.05. The Morgan fingerprint density at radius 1 is 1.24 bits per heavy atom. The molecular formula is C12H12N2O2S. The number of aromatic nitrogens is 2. The van der Waals surface area contributed by atoms with Gasteiger partial charge in [-0.15, -0.1) is 11.3 Å². The van der Waals surface area contributed by atoms with Crippen molar-refractivity contribution < 1.29 is 9.53 Å². The van der Waals surface area contributed by atoms with Gasteiger partial charge in [-0.05, 0) is 26.0 Å². The highest BCUT2D eigenvalue weighted by molar-refractivity contribution is 7.13. The monoisotopic (exact) mass is 248 g/mol. The summed E-state index contributed by atoms with van der Waals surface area (Å²) in [5.74, 6) is -0.434. The Bertz CT molecular complexity index is 563. The zero-order valence-corrected chi connectivity index (χ0v) is 10.7. The highest BCUT2D eigenvalue weighted by Crippen LogP contribution is 2.26. The van der Waals surface area contributed by atoms with E-state index in [1.807, 2.05) is 31.4 Å². The fraction of sp³-hybridized carbons (Fsp3) is 0.250. The van der Waals surface area contributed by atoms with Crippen LogP contribution in [-0.4, -0.2) is 23.0 Å². The zero-order valence-electron chi connectivity index (χ0n) is 9.85. The number of methoxy groups -OCH3 is 1. The maximum Gasteiger partial charge on any atom is 0.357 e. The number of pyridine rings is 1. The normalized spacial score (nSPS) is 10.3. The van der Waals surface area contributed by atoms with Gasteiger partial charge in [0.2, 0.25) is 0 Å². The highest BCUT2D eigenvalue weighted by atomic mass is 32.1. The summed E-state index contributed by atoms with van der Waals surface area (Å²) < 4.78 is 4.74. The van der Waals surface area contributed by atoms with Crippen LogP contribution in [0.25, 0.3) is 10.6 Å². The third-order valence-electron chi connectivity index (χ3n) is 2.26. The Kier molecular flexibility index (Phi) is 3.19. The molecule has 0 amide bonds. The van der Waals surface area contributed by atoms with Crippen molar-refractivity contribution in [3.05, 3.63) is 34.6 Å². The number of hydrogen-bond donors (Lipinski definition) is 0. The van der Waals surface area contributed by atoms with Gasteiger partial charge in [-0.2, -0.15) is 0 Å². The van der Waals surface area contributed by atoms with Crippen LogP contribution < -0.4 is 0 Å². The highest BCUT2D eigenvalue weighted by Gasteiger charge is 2.17. The van der Waals surface area contributed by atoms with Gasteiger partial charge in [0.15, 0.2) is 5.69 Å². The molecule has 88 valence electrons. The van der Waals surface area contributed by atoms with Crippen LogP contribution in [0.4, 0.5) is 0 Å². The van der Waals surface area contributed by atoms with Crippen molar-refractivity contribution >= 4 is 17.3 Å². The number of rotatable bonds is 2. The molecule has 4 nitrogen and oxygen atoms in total. The molecule has 0 aliphatic heterocycles. The summed E-state index contributed by atoms with van der Waals surface area (Å²) >= 11 is 1.49. The molecule has 2 rings (SSSR count). The van der Waals surface area contributed by atoms with Crippen molar-refractivity contribution in [2.24, 2.45) is 0 Å². The Morgan fingerprint density at radius 3 is 2.59 bits per heavy atom. The molecule has 2 aromatic heterocycles. The summed E-state index contributed by atoms with van der Waals surface area (Å²) in [5, 5.41) is 2.73. The summed E-state index contributed by atoms with van der Waals surface area (Å²) in [7, 11) is 1.35. The van der Waals surface area contributed by atoms with Crippen LogP contribution in [0.15, 0.2) is 17.5 Å². The minimum atomic E-state index is -0.434. The first kappa shape index (κ1) is 11.7. The van der Waals surface area contributed by atoms with Crippen LogP contribution in [0.3, 0.4) is 0 Å². The third kappa shape index (κ3) is 2.34. The Labute approximate surface area is 103 Å². The molecule has 0 aliphatic rings. The number of hydrogen-bond acceptors (Lipinski definition) is 5. The molecule has 0 radical (unpaired) electrons. The number of thiazole rings is 1. The molecule has 0 bridgehead atoms. The van der Waals surface area contributed by atoms with E-state index in [0.29, 0.717) is 5.69 Å². The maximum atomic E-state index is 11.7. The maximum absolute atomic E-state index is 11.7. The van der Waals surface area contributed by atoms with Crippen molar-refractivity contribution in [1.29, 1.82) is 0 Å². The number of ether oxygens (including phenoxy) is 1. The average molecular weight is 248 g/mol. The van der Waals surface area contributed by atoms with E-state index >= 15 is 0 Å². The minimum Gasteiger partial charge on any atom is -0.464 e. The average Bonchev–Trinajstić information content (AvgIpc) is 2.74. The van der Waals surface area contributed by atoms with Crippen molar-refractivity contribution in [2.45, 2.75) is 13.8 Å². The Morgan fingerprint density at radius 2 is 2.00 bits per heavy atom. The van der Waals surface area contributed by atoms with Crippen LogP contribution in [-0.2, 0) is 4.74 Å². The van der Waals surface area contributed by atoms with E-state index in [-0.39, 0.29) is 0 Å². The number of aryl methyl sites for hydroxylation is 2. The largest absolute Gasteiger partial charge is 0.464 e. The van der Waals surface area contributed by atoms with E-state index in [1.54, 1.807) is 0 Å². The fourth-order valence-electron chi connectivity index (χ4n) is 1.46. The number of carbonyl (C=O) groups is 1. The van der Waals surface area contributed by atoms with Gasteiger partial charge in [-0.1, -0.05) is 0 Å². The van der Waals surface area contributed by atoms with E-state index in [1.165, 1.54) is 18.4 Å². The first-order chi connectivity index (χ1) is 8.11. The zero-order chi connectivity index (χ0) is 12.4. The van der Waals surface area contributed by atoms with Gasteiger partial charge in [0, 0.05) is 22.3 Å². The summed E-state index contributed by atoms with van der Waals surface area (Å²) in [4.78, 5) is 20.2. The van der Waals surface area contributed by atoms with Crippen LogP contribution in [0, 0.1) is 13.8 Å². The lowest BCUT2D eigenvalue weighted by Crippen LogP contribution is -2.07. The molecule has 0 atom stereocenters. The quantitative estimate of drug-likeness (QED) is 0.766. The van der Waals surface area contributed by atoms with Crippen molar-refractivity contribution in [2.75, 3.05) is 7.11 Å². The fourth-order valence-corrected chi connectivity index (χ4v) is 2.28. The van der Waals surface area contributed by atoms with E-state index in [2.05, 4.69) is 9.97 Å². The molecule has 0 spiro atoms. The molecule has 17 heavy (non-hydrogen) atoms. The number of carbonyl (C=O) groups excluding carboxylic acids is 1. The number of esters is 1. The van der Waals surface area contributed by atoms with Gasteiger partial charge in [0.1, 0.15) is 5.01 Å². The van der Waals surface area contributed by atoms with Gasteiger partial charge in [0.25, 0.3) is 0 Å². The third-order valence-corrected chi connectivity index (χ3v) is 3.26. The van der Waals surface area contributed by atoms with E-state index in [4.69, 9.17) is 4.74 Å². The van der Waals surface area contributed by atoms with E-state index in [9.17, 15) is 4.79 Å². The predicted molar refractivity (Wildman–Crippen MR) is 66.2 cm³/mol. The van der Waals surface area contributed by atoms with Crippen LogP contribution in [0.5, 0.6) is 0 Å². The van der Waals surface area contributed by atoms with E-state index in [0.717, 1.165) is 22.0 Å². The molecule has 0 saturated heterocycles. The lowest BCUT2D eigenvalue weighted by atomic mass is 10.2. The Hall–Kier alpha value is -1.75. The lowest BCUT2D eigenvalue weighted by molar-refractivity contribution is 0.0595. The van der Waals surface area contributed by atoms with Crippen molar-refractivity contribution in [1.82, 2.24) is 9.97 Å². The van der Waals surface area contributed by atoms with Gasteiger partial charge >= 0.3 is 5.97 Å². The van der Waals surface area contributed by atoms with Crippen molar-refractivity contribution in [3.8, 4) is 10.6 Å². The topological polar surface area (TPSA) is 52.1 Å². The standard InChI is InChI=1S/C12H12N2O2S/c1-7-4-5-9(10(13-7)12(15)16-3)11-14-8(2)6-17-11/h4-6H,1-3H3. The second kappa shape index (κ2) is 4.63. The van der Waals surface area contributed by atoms with Gasteiger partial charge in [0.05, 0.1) is 7.11 Å². The molecule has 2 aromatic rings. The molecule has 2 heterocycles. The molecule has 5 heteroatoms. The van der Waals surface area contributed by atoms with Crippen LogP contribution in [0.1, 0.15) is 21.9 Å². The van der Waals surface area contributed by atoms with E-state index < -0.39 is 5.97 Å². The van der Waals surface area contributed by atoms with Crippen LogP contribution >= 0.6 is 11.3 Å². The molecule has 0 saturated carbocycles. The molecule has 0 fully saturated rings. The summed E-state index contributed by atoms with van der Waals surface area (Å²) in [6.45, 7) is 3.75. The van der Waals surface area contributed by atoms with Crippen molar-refractivity contribution in [3.63, 3.8) is 0 Å². The molecule has 0 unspecified atom stereocenters. The van der Waals surface area contributed by atoms with Crippen LogP contribution in [0.2, 0.25) is 0 Å². The van der Waals surface area contributed by atoms with Gasteiger partial charge in [-0.25, -0.2) is 14.8 Å². The summed E-state index contributed by atoms with van der Waals surface area (Å²) in [6, 6.07) is 3.71. The first-order valence-electron chi connectivity index (χ1n) is 5.10. The SMILES string of the molecule is COC(=O)c1nc(C)ccc1-c1nc(C)cs1. The second-order valence-corrected chi connectivity index (χ2v) is 4.49. The van der Waals surface area contributed by atoms with Gasteiger partial charge < -0.3 is 4.74 Å². The smallest absolute Gasteiger partial charge is 0.357 e. The molecule has 0 aliphatic carbocycles. The molecule has 0 N–H and O–H groups in total. The summed E-state index contributed by atoms with van der Waals surface area (Å²) in [6.07, 6.45) is 0. The Balaban J connectivity index is 2.57. The summed E-state index contributed by atoms with van der Waals surface area (Å²) in [5.41, 5.74) is 2.76. The molecular weight excluding hydrogens is 236 g/mol. The van der Waals surface area contributed by atoms with Gasteiger partial charge in [-0.3, -0.25) is 0 Å². The first-order valence-corrected chi connectivity index (χ1v) is 5.98. The molecule has 0 aromatic carbocycles. The second-order valence-electron chi connectivity index (χ2n) is 3.63. The number of nitrogens with zero attached hydrogens (tertiary/aromatic N) is 2. The minimum absolute atomic E-state index is 0.321.